The summed E-state index contributed by atoms with van der Waals surface area (Å²) in [5.74, 6) is 0. The molecular formula is C70H122N2Ni. The molecule has 1 aliphatic rings. The summed E-state index contributed by atoms with van der Waals surface area (Å²) in [6, 6.07) is 9.83. The van der Waals surface area contributed by atoms with E-state index in [0.717, 1.165) is 75.6 Å². The molecule has 2 aromatic carbocycles. The standard InChI is InChI=1S/C46H72N2.2C12H25.Ni/c1-8-15-19-23-29-40-35-45(41-31-36(24-12-5)43(26-14-7)37(32-41)25-13-6)48(47)46(40)42-33-38(27-20-16-9-2)44(30-22-18-11-4)39(34-42)28-21-17-10-3;2*1-3-5-7-9-11-12-10-8-6-4-2;/h31-35H,8-30H2,1-7H3;2*1,3-12H2,2H3;/q;2*-1;+2. The number of hydrogen-bond acceptors (Lipinski definition) is 0. The number of hydrogen-bond donors (Lipinski definition) is 0. The van der Waals surface area contributed by atoms with Crippen molar-refractivity contribution in [1.29, 1.82) is 0 Å². The van der Waals surface area contributed by atoms with Gasteiger partial charge in [-0.1, -0.05) is 255 Å². The van der Waals surface area contributed by atoms with Crippen molar-refractivity contribution in [2.75, 3.05) is 0 Å². The first-order valence-corrected chi connectivity index (χ1v) is 32.1. The fourth-order valence-corrected chi connectivity index (χ4v) is 10.9. The molecule has 0 saturated heterocycles. The van der Waals surface area contributed by atoms with Gasteiger partial charge >= 0.3 is 16.5 Å². The summed E-state index contributed by atoms with van der Waals surface area (Å²) in [6.07, 6.45) is 57.7. The van der Waals surface area contributed by atoms with E-state index in [2.05, 4.69) is 107 Å². The molecule has 1 heterocycles. The topological polar surface area (TPSA) is 25.3 Å². The molecule has 0 aromatic heterocycles. The SMILES string of the molecule is CCCCCCC1=C(c2cc(CCCCC)c(CCCCC)c(CCCCC)c2)[N+](=[N-])C(c2cc(CCC)c(CCC)c(CCC)c2)=C1.[CH2-]CCCCCCCCCCC.[CH2-]CCCCCCCCCCC.[Ni+2]. The zero-order chi connectivity index (χ0) is 52.9. The summed E-state index contributed by atoms with van der Waals surface area (Å²) in [6.45, 7) is 28.4. The minimum Gasteiger partial charge on any atom is -0.493 e. The van der Waals surface area contributed by atoms with E-state index in [1.165, 1.54) is 240 Å². The Hall–Kier alpha value is -1.99. The van der Waals surface area contributed by atoms with E-state index in [1.807, 2.05) is 0 Å². The third-order valence-corrected chi connectivity index (χ3v) is 15.2. The maximum absolute atomic E-state index is 12.3. The second kappa shape index (κ2) is 49.6. The normalized spacial score (nSPS) is 12.2. The van der Waals surface area contributed by atoms with Crippen LogP contribution < -0.4 is 0 Å². The van der Waals surface area contributed by atoms with E-state index in [1.54, 1.807) is 27.0 Å². The fourth-order valence-electron chi connectivity index (χ4n) is 10.9. The van der Waals surface area contributed by atoms with Crippen LogP contribution in [-0.2, 0) is 55.0 Å². The number of allylic oxidation sites excluding steroid dienone is 2. The van der Waals surface area contributed by atoms with Gasteiger partial charge in [-0.05, 0) is 128 Å². The monoisotopic (exact) mass is 1050 g/mol. The van der Waals surface area contributed by atoms with E-state index in [4.69, 9.17) is 0 Å². The van der Waals surface area contributed by atoms with Gasteiger partial charge in [-0.25, -0.2) is 4.70 Å². The summed E-state index contributed by atoms with van der Waals surface area (Å²) >= 11 is 0. The molecule has 0 atom stereocenters. The van der Waals surface area contributed by atoms with E-state index in [9.17, 15) is 5.53 Å². The van der Waals surface area contributed by atoms with Crippen molar-refractivity contribution in [3.63, 3.8) is 0 Å². The number of nitrogens with zero attached hydrogens (tertiary/aromatic N) is 2. The number of benzene rings is 2. The first-order chi connectivity index (χ1) is 35.3. The van der Waals surface area contributed by atoms with Crippen LogP contribution in [0.1, 0.15) is 344 Å². The van der Waals surface area contributed by atoms with Crippen LogP contribution in [0.5, 0.6) is 0 Å². The molecular weight excluding hydrogens is 927 g/mol. The van der Waals surface area contributed by atoms with Gasteiger partial charge in [0.15, 0.2) is 0 Å². The van der Waals surface area contributed by atoms with Gasteiger partial charge in [-0.15, -0.1) is 0 Å². The third-order valence-electron chi connectivity index (χ3n) is 15.2. The van der Waals surface area contributed by atoms with Gasteiger partial charge < -0.3 is 19.4 Å². The van der Waals surface area contributed by atoms with E-state index in [-0.39, 0.29) is 16.5 Å². The van der Waals surface area contributed by atoms with Crippen molar-refractivity contribution >= 4 is 11.4 Å². The van der Waals surface area contributed by atoms with Crippen molar-refractivity contribution in [2.45, 2.75) is 338 Å². The van der Waals surface area contributed by atoms with Crippen molar-refractivity contribution in [3.8, 4) is 0 Å². The van der Waals surface area contributed by atoms with Crippen molar-refractivity contribution in [3.05, 3.63) is 99.8 Å². The number of rotatable bonds is 43. The molecule has 0 unspecified atom stereocenters. The minimum absolute atomic E-state index is 0. The smallest absolute Gasteiger partial charge is 0.493 e. The Morgan fingerprint density at radius 3 is 1.01 bits per heavy atom. The third kappa shape index (κ3) is 31.1. The number of aryl methyl sites for hydroxylation is 4. The molecule has 0 saturated carbocycles. The van der Waals surface area contributed by atoms with Gasteiger partial charge in [0.2, 0.25) is 11.4 Å². The maximum atomic E-state index is 12.3. The summed E-state index contributed by atoms with van der Waals surface area (Å²) in [5, 5.41) is 0. The zero-order valence-electron chi connectivity index (χ0n) is 50.4. The van der Waals surface area contributed by atoms with Crippen molar-refractivity contribution < 1.29 is 21.2 Å². The van der Waals surface area contributed by atoms with Crippen LogP contribution in [0.2, 0.25) is 0 Å². The van der Waals surface area contributed by atoms with E-state index < -0.39 is 0 Å². The molecule has 0 fully saturated rings. The van der Waals surface area contributed by atoms with Crippen LogP contribution >= 0.6 is 0 Å². The van der Waals surface area contributed by atoms with E-state index in [0.29, 0.717) is 0 Å². The largest absolute Gasteiger partial charge is 2.00 e. The van der Waals surface area contributed by atoms with Crippen LogP contribution in [0.4, 0.5) is 0 Å². The van der Waals surface area contributed by atoms with Crippen LogP contribution in [-0.4, -0.2) is 4.70 Å². The second-order valence-corrected chi connectivity index (χ2v) is 22.1. The van der Waals surface area contributed by atoms with Gasteiger partial charge in [-0.3, -0.25) is 0 Å². The predicted molar refractivity (Wildman–Crippen MR) is 326 cm³/mol. The first kappa shape index (κ1) is 71.0. The molecule has 0 amide bonds. The van der Waals surface area contributed by atoms with Crippen LogP contribution in [0.3, 0.4) is 0 Å². The van der Waals surface area contributed by atoms with Crippen LogP contribution in [0, 0.1) is 13.8 Å². The van der Waals surface area contributed by atoms with Gasteiger partial charge in [0.05, 0.1) is 0 Å². The Kier molecular flexibility index (Phi) is 48.2. The Morgan fingerprint density at radius 2 is 0.630 bits per heavy atom. The molecule has 3 heteroatoms. The Morgan fingerprint density at radius 1 is 0.329 bits per heavy atom. The Labute approximate surface area is 468 Å². The molecule has 1 aliphatic heterocycles. The average Bonchev–Trinajstić information content (AvgIpc) is 3.71. The molecule has 73 heavy (non-hydrogen) atoms. The van der Waals surface area contributed by atoms with Gasteiger partial charge in [0.1, 0.15) is 0 Å². The summed E-state index contributed by atoms with van der Waals surface area (Å²) < 4.78 is 1.60. The summed E-state index contributed by atoms with van der Waals surface area (Å²) in [5.41, 5.74) is 27.3. The Balaban J connectivity index is 0.00000170. The summed E-state index contributed by atoms with van der Waals surface area (Å²) in [7, 11) is 0. The number of unbranched alkanes of at least 4 members (excludes halogenated alkanes) is 27. The molecule has 422 valence electrons. The van der Waals surface area contributed by atoms with Gasteiger partial charge in [0, 0.05) is 22.8 Å². The molecule has 3 rings (SSSR count). The van der Waals surface area contributed by atoms with E-state index >= 15 is 0 Å². The molecule has 0 spiro atoms. The van der Waals surface area contributed by atoms with Crippen LogP contribution in [0.25, 0.3) is 16.9 Å². The first-order valence-electron chi connectivity index (χ1n) is 32.1. The van der Waals surface area contributed by atoms with Gasteiger partial charge in [0.25, 0.3) is 0 Å². The predicted octanol–water partition coefficient (Wildman–Crippen LogP) is 24.0. The molecule has 0 bridgehead atoms. The van der Waals surface area contributed by atoms with Crippen LogP contribution in [0.15, 0.2) is 35.9 Å². The Bertz CT molecular complexity index is 1580. The van der Waals surface area contributed by atoms with Crippen molar-refractivity contribution in [2.24, 2.45) is 0 Å². The van der Waals surface area contributed by atoms with Crippen molar-refractivity contribution in [1.82, 2.24) is 0 Å². The molecule has 2 aromatic rings. The molecule has 0 radical (unpaired) electrons. The maximum Gasteiger partial charge on any atom is 2.00 e. The zero-order valence-corrected chi connectivity index (χ0v) is 51.4. The summed E-state index contributed by atoms with van der Waals surface area (Å²) in [4.78, 5) is 0. The quantitative estimate of drug-likeness (QED) is 0.0274. The molecule has 0 aliphatic carbocycles. The van der Waals surface area contributed by atoms with Gasteiger partial charge in [-0.2, -0.15) is 12.8 Å². The second-order valence-electron chi connectivity index (χ2n) is 22.1. The molecule has 2 nitrogen and oxygen atoms in total. The average molecular weight is 1050 g/mol. The minimum atomic E-state index is 0. The molecule has 0 N–H and O–H groups in total. The fraction of sp³-hybridized carbons (Fsp3) is 0.743.